The zero-order chi connectivity index (χ0) is 20.2. The molecular weight excluding hydrogens is 390 g/mol. The number of benzene rings is 2. The highest BCUT2D eigenvalue weighted by Crippen LogP contribution is 2.29. The minimum Gasteiger partial charge on any atom is -0.508 e. The predicted octanol–water partition coefficient (Wildman–Crippen LogP) is 3.82. The molecule has 0 bridgehead atoms. The second-order valence-corrected chi connectivity index (χ2v) is 7.83. The molecule has 3 aromatic rings. The molecule has 29 heavy (non-hydrogen) atoms. The van der Waals surface area contributed by atoms with Crippen LogP contribution >= 0.6 is 11.8 Å². The first kappa shape index (κ1) is 19.5. The van der Waals surface area contributed by atoms with Crippen molar-refractivity contribution in [1.82, 2.24) is 14.8 Å². The van der Waals surface area contributed by atoms with Gasteiger partial charge >= 0.3 is 5.97 Å². The van der Waals surface area contributed by atoms with Crippen molar-refractivity contribution in [3.63, 3.8) is 0 Å². The summed E-state index contributed by atoms with van der Waals surface area (Å²) in [6.07, 6.45) is 2.20. The van der Waals surface area contributed by atoms with E-state index in [1.54, 1.807) is 36.0 Å². The van der Waals surface area contributed by atoms with Gasteiger partial charge in [-0.2, -0.15) is 0 Å². The van der Waals surface area contributed by atoms with Crippen LogP contribution in [0.15, 0.2) is 53.7 Å². The summed E-state index contributed by atoms with van der Waals surface area (Å²) in [4.78, 5) is 11.0. The number of aromatic hydroxyl groups is 1. The van der Waals surface area contributed by atoms with Crippen molar-refractivity contribution in [3.05, 3.63) is 59.7 Å². The van der Waals surface area contributed by atoms with E-state index < -0.39 is 5.97 Å². The molecule has 0 spiro atoms. The summed E-state index contributed by atoms with van der Waals surface area (Å²) in [6.45, 7) is 1.45. The molecule has 2 heterocycles. The Hall–Kier alpha value is -2.84. The van der Waals surface area contributed by atoms with E-state index in [0.29, 0.717) is 12.3 Å². The molecule has 1 aliphatic rings. The Morgan fingerprint density at radius 3 is 2.55 bits per heavy atom. The van der Waals surface area contributed by atoms with E-state index in [1.165, 1.54) is 0 Å². The number of hydrogen-bond acceptors (Lipinski definition) is 6. The van der Waals surface area contributed by atoms with Gasteiger partial charge in [0.1, 0.15) is 5.75 Å². The fourth-order valence-corrected chi connectivity index (χ4v) is 4.17. The highest BCUT2D eigenvalue weighted by molar-refractivity contribution is 7.98. The zero-order valence-corrected chi connectivity index (χ0v) is 16.5. The number of carboxylic acid groups (broad SMARTS) is 1. The number of phenolic OH excluding ortho intramolecular Hbond substituents is 1. The Bertz CT molecular complexity index is 980. The van der Waals surface area contributed by atoms with Gasteiger partial charge in [0.05, 0.1) is 18.2 Å². The molecule has 1 aliphatic heterocycles. The monoisotopic (exact) mass is 411 g/mol. The molecule has 1 fully saturated rings. The zero-order valence-electron chi connectivity index (χ0n) is 15.7. The lowest BCUT2D eigenvalue weighted by Gasteiger charge is -2.15. The third-order valence-electron chi connectivity index (χ3n) is 4.82. The van der Waals surface area contributed by atoms with Crippen LogP contribution in [-0.4, -0.2) is 43.7 Å². The van der Waals surface area contributed by atoms with Crippen LogP contribution in [0, 0.1) is 0 Å². The Morgan fingerprint density at radius 1 is 1.14 bits per heavy atom. The second-order valence-electron chi connectivity index (χ2n) is 6.89. The first-order chi connectivity index (χ1) is 14.1. The Balaban J connectivity index is 1.56. The summed E-state index contributed by atoms with van der Waals surface area (Å²) >= 11 is 1.55. The lowest BCUT2D eigenvalue weighted by molar-refractivity contribution is 0.0697. The molecular formula is C21H21N3O4S. The third kappa shape index (κ3) is 4.60. The summed E-state index contributed by atoms with van der Waals surface area (Å²) in [5, 5.41) is 28.1. The average Bonchev–Trinajstić information content (AvgIpc) is 3.38. The maximum atomic E-state index is 11.0. The largest absolute Gasteiger partial charge is 0.508 e. The lowest BCUT2D eigenvalue weighted by Crippen LogP contribution is -2.16. The van der Waals surface area contributed by atoms with Gasteiger partial charge in [0.2, 0.25) is 0 Å². The number of rotatable bonds is 7. The fraction of sp³-hybridized carbons (Fsp3) is 0.286. The summed E-state index contributed by atoms with van der Waals surface area (Å²) in [5.41, 5.74) is 2.17. The molecule has 0 aliphatic carbocycles. The van der Waals surface area contributed by atoms with Crippen molar-refractivity contribution in [2.45, 2.75) is 36.4 Å². The van der Waals surface area contributed by atoms with Crippen molar-refractivity contribution >= 4 is 17.7 Å². The number of ether oxygens (including phenoxy) is 1. The van der Waals surface area contributed by atoms with Gasteiger partial charge < -0.3 is 14.9 Å². The molecule has 150 valence electrons. The van der Waals surface area contributed by atoms with Gasteiger partial charge in [0.25, 0.3) is 0 Å². The van der Waals surface area contributed by atoms with Crippen LogP contribution in [0.4, 0.5) is 0 Å². The van der Waals surface area contributed by atoms with E-state index in [2.05, 4.69) is 14.8 Å². The topological polar surface area (TPSA) is 97.5 Å². The number of hydrogen-bond donors (Lipinski definition) is 2. The Kier molecular flexibility index (Phi) is 5.82. The molecule has 4 rings (SSSR count). The van der Waals surface area contributed by atoms with Gasteiger partial charge in [-0.15, -0.1) is 10.2 Å². The smallest absolute Gasteiger partial charge is 0.335 e. The molecule has 8 heteroatoms. The van der Waals surface area contributed by atoms with Crippen LogP contribution in [0.5, 0.6) is 5.75 Å². The standard InChI is InChI=1S/C21H21N3O4S/c25-17-9-7-15(8-10-17)19-22-23-21(24(19)12-18-2-1-11-28-18)29-13-14-3-5-16(6-4-14)20(26)27/h3-10,18,25H,1-2,11-13H2,(H,26,27). The molecule has 1 atom stereocenters. The van der Waals surface area contributed by atoms with Gasteiger partial charge in [0, 0.05) is 17.9 Å². The lowest BCUT2D eigenvalue weighted by atomic mass is 10.1. The van der Waals surface area contributed by atoms with E-state index in [4.69, 9.17) is 9.84 Å². The SMILES string of the molecule is O=C(O)c1ccc(CSc2nnc(-c3ccc(O)cc3)n2CC2CCCO2)cc1. The maximum absolute atomic E-state index is 11.0. The second kappa shape index (κ2) is 8.67. The molecule has 1 unspecified atom stereocenters. The first-order valence-electron chi connectivity index (χ1n) is 9.39. The van der Waals surface area contributed by atoms with Crippen molar-refractivity contribution in [2.24, 2.45) is 0 Å². The van der Waals surface area contributed by atoms with E-state index in [0.717, 1.165) is 41.6 Å². The summed E-state index contributed by atoms with van der Waals surface area (Å²) in [5.74, 6) is 0.667. The van der Waals surface area contributed by atoms with Gasteiger partial charge in [-0.25, -0.2) is 4.79 Å². The minimum absolute atomic E-state index is 0.135. The first-order valence-corrected chi connectivity index (χ1v) is 10.4. The normalized spacial score (nSPS) is 16.2. The van der Waals surface area contributed by atoms with Crippen molar-refractivity contribution < 1.29 is 19.7 Å². The van der Waals surface area contributed by atoms with E-state index in [-0.39, 0.29) is 17.4 Å². The Labute approximate surface area is 172 Å². The molecule has 1 saturated heterocycles. The van der Waals surface area contributed by atoms with E-state index >= 15 is 0 Å². The molecule has 2 N–H and O–H groups in total. The molecule has 0 amide bonds. The number of carboxylic acids is 1. The van der Waals surface area contributed by atoms with Gasteiger partial charge in [-0.3, -0.25) is 4.57 Å². The highest BCUT2D eigenvalue weighted by atomic mass is 32.2. The van der Waals surface area contributed by atoms with Crippen LogP contribution in [0.3, 0.4) is 0 Å². The number of thioether (sulfide) groups is 1. The van der Waals surface area contributed by atoms with Crippen molar-refractivity contribution in [3.8, 4) is 17.1 Å². The quantitative estimate of drug-likeness (QED) is 0.570. The number of carbonyl (C=O) groups is 1. The highest BCUT2D eigenvalue weighted by Gasteiger charge is 2.22. The van der Waals surface area contributed by atoms with E-state index in [9.17, 15) is 9.90 Å². The predicted molar refractivity (Wildman–Crippen MR) is 109 cm³/mol. The van der Waals surface area contributed by atoms with Crippen LogP contribution in [-0.2, 0) is 17.0 Å². The van der Waals surface area contributed by atoms with Crippen LogP contribution < -0.4 is 0 Å². The molecule has 2 aromatic carbocycles. The van der Waals surface area contributed by atoms with Gasteiger partial charge in [-0.1, -0.05) is 23.9 Å². The number of nitrogens with zero attached hydrogens (tertiary/aromatic N) is 3. The van der Waals surface area contributed by atoms with Gasteiger partial charge in [0.15, 0.2) is 11.0 Å². The summed E-state index contributed by atoms with van der Waals surface area (Å²) in [6, 6.07) is 13.8. The molecule has 0 radical (unpaired) electrons. The van der Waals surface area contributed by atoms with Crippen LogP contribution in [0.2, 0.25) is 0 Å². The molecule has 7 nitrogen and oxygen atoms in total. The van der Waals surface area contributed by atoms with E-state index in [1.807, 2.05) is 24.3 Å². The van der Waals surface area contributed by atoms with Crippen LogP contribution in [0.1, 0.15) is 28.8 Å². The maximum Gasteiger partial charge on any atom is 0.335 e. The fourth-order valence-electron chi connectivity index (χ4n) is 3.27. The third-order valence-corrected chi connectivity index (χ3v) is 5.86. The number of aromatic nitrogens is 3. The molecule has 1 aromatic heterocycles. The minimum atomic E-state index is -0.931. The van der Waals surface area contributed by atoms with Crippen LogP contribution in [0.25, 0.3) is 11.4 Å². The van der Waals surface area contributed by atoms with Crippen molar-refractivity contribution in [2.75, 3.05) is 6.61 Å². The Morgan fingerprint density at radius 2 is 1.90 bits per heavy atom. The molecule has 0 saturated carbocycles. The number of aromatic carboxylic acids is 1. The van der Waals surface area contributed by atoms with Crippen molar-refractivity contribution in [1.29, 1.82) is 0 Å². The average molecular weight is 411 g/mol. The summed E-state index contributed by atoms with van der Waals surface area (Å²) < 4.78 is 7.88. The summed E-state index contributed by atoms with van der Waals surface area (Å²) in [7, 11) is 0. The van der Waals surface area contributed by atoms with Gasteiger partial charge in [-0.05, 0) is 54.8 Å². The number of phenols is 1.